The van der Waals surface area contributed by atoms with Gasteiger partial charge in [0.15, 0.2) is 0 Å². The van der Waals surface area contributed by atoms with Crippen molar-refractivity contribution in [3.05, 3.63) is 113 Å². The van der Waals surface area contributed by atoms with Crippen LogP contribution in [0.1, 0.15) is 57.8 Å². The standard InChI is InChI=1S/C14H20.C12H16.C11H12O3.C10H14/c1-3-9-7-10(4-2)14-12-6-5-11(8-12)13(9)14;1-3-9-8-10(4-2)12-7-5-6-11(9)12;1-3-6-5-7(4-2)9-8(6)10(12)14-11(9)13;1-3-7-5-8(4-2)10-6-9(7)10/h3-4,9-14H,1-2,5-8H2;3-6,9-12H,1-2,7-8H2;3-4,6-9H,1-2,5H2;3-4,7-10H,1-2,5-6H2. The molecule has 0 amide bonds. The summed E-state index contributed by atoms with van der Waals surface area (Å²) >= 11 is 0. The number of esters is 2. The van der Waals surface area contributed by atoms with Crippen molar-refractivity contribution in [1.29, 1.82) is 0 Å². The number of carbonyl (C=O) groups excluding carboxylic acids is 2. The molecular weight excluding hydrogens is 613 g/mol. The molecule has 1 saturated heterocycles. The van der Waals surface area contributed by atoms with Gasteiger partial charge >= 0.3 is 11.9 Å². The minimum absolute atomic E-state index is 0.0574. The van der Waals surface area contributed by atoms with Crippen LogP contribution in [0.5, 0.6) is 0 Å². The maximum atomic E-state index is 11.4. The van der Waals surface area contributed by atoms with Crippen molar-refractivity contribution in [1.82, 2.24) is 0 Å². The number of hydrogen-bond donors (Lipinski definition) is 0. The Morgan fingerprint density at radius 1 is 0.480 bits per heavy atom. The number of carbonyl (C=O) groups is 2. The van der Waals surface area contributed by atoms with Gasteiger partial charge in [-0.1, -0.05) is 60.8 Å². The van der Waals surface area contributed by atoms with Gasteiger partial charge in [0.25, 0.3) is 0 Å². The fourth-order valence-corrected chi connectivity index (χ4v) is 12.5. The van der Waals surface area contributed by atoms with Gasteiger partial charge in [-0.05, 0) is 152 Å². The van der Waals surface area contributed by atoms with Crippen LogP contribution in [0.15, 0.2) is 113 Å². The van der Waals surface area contributed by atoms with E-state index in [1.807, 2.05) is 0 Å². The third kappa shape index (κ3) is 6.64. The predicted octanol–water partition coefficient (Wildman–Crippen LogP) is 10.8. The van der Waals surface area contributed by atoms with E-state index in [9.17, 15) is 9.59 Å². The summed E-state index contributed by atoms with van der Waals surface area (Å²) < 4.78 is 4.62. The molecule has 3 heteroatoms. The first kappa shape index (κ1) is 36.6. The molecule has 1 aliphatic heterocycles. The normalized spacial score (nSPS) is 47.3. The van der Waals surface area contributed by atoms with Crippen LogP contribution in [-0.4, -0.2) is 11.9 Å². The molecule has 0 aromatic carbocycles. The molecule has 1 heterocycles. The zero-order chi connectivity index (χ0) is 35.7. The lowest BCUT2D eigenvalue weighted by atomic mass is 9.76. The zero-order valence-corrected chi connectivity index (χ0v) is 30.4. The number of ether oxygens (including phenoxy) is 1. The van der Waals surface area contributed by atoms with Gasteiger partial charge < -0.3 is 4.74 Å². The van der Waals surface area contributed by atoms with E-state index in [2.05, 4.69) is 106 Å². The minimum atomic E-state index is -0.394. The smallest absolute Gasteiger partial charge is 0.318 e. The third-order valence-electron chi connectivity index (χ3n) is 15.0. The highest BCUT2D eigenvalue weighted by Gasteiger charge is 2.57. The Morgan fingerprint density at radius 2 is 0.880 bits per heavy atom. The minimum Gasteiger partial charge on any atom is -0.393 e. The molecule has 9 aliphatic rings. The summed E-state index contributed by atoms with van der Waals surface area (Å²) in [5, 5.41) is 0. The molecule has 18 unspecified atom stereocenters. The molecule has 3 nitrogen and oxygen atoms in total. The van der Waals surface area contributed by atoms with E-state index in [0.29, 0.717) is 5.92 Å². The van der Waals surface area contributed by atoms with Gasteiger partial charge in [-0.25, -0.2) is 0 Å². The lowest BCUT2D eigenvalue weighted by Gasteiger charge is -2.29. The average Bonchev–Trinajstić information content (AvgIpc) is 3.89. The Labute approximate surface area is 303 Å². The highest BCUT2D eigenvalue weighted by atomic mass is 16.6. The summed E-state index contributed by atoms with van der Waals surface area (Å²) in [4.78, 5) is 22.7. The Bertz CT molecular complexity index is 1320. The van der Waals surface area contributed by atoms with Gasteiger partial charge in [0.1, 0.15) is 0 Å². The van der Waals surface area contributed by atoms with Gasteiger partial charge in [-0.3, -0.25) is 9.59 Å². The van der Waals surface area contributed by atoms with E-state index in [-0.39, 0.29) is 23.7 Å². The van der Waals surface area contributed by atoms with E-state index in [1.165, 1.54) is 51.4 Å². The second-order valence-corrected chi connectivity index (χ2v) is 16.9. The van der Waals surface area contributed by atoms with Crippen molar-refractivity contribution in [3.8, 4) is 0 Å². The van der Waals surface area contributed by atoms with E-state index >= 15 is 0 Å². The van der Waals surface area contributed by atoms with Crippen LogP contribution in [0, 0.1) is 107 Å². The van der Waals surface area contributed by atoms with Gasteiger partial charge in [0, 0.05) is 0 Å². The molecule has 0 radical (unpaired) electrons. The van der Waals surface area contributed by atoms with Crippen molar-refractivity contribution >= 4 is 11.9 Å². The predicted molar refractivity (Wildman–Crippen MR) is 206 cm³/mol. The first-order valence-electron chi connectivity index (χ1n) is 19.7. The van der Waals surface area contributed by atoms with Crippen molar-refractivity contribution < 1.29 is 14.3 Å². The van der Waals surface area contributed by atoms with E-state index in [1.54, 1.807) is 12.2 Å². The van der Waals surface area contributed by atoms with Crippen molar-refractivity contribution in [3.63, 3.8) is 0 Å². The molecule has 7 saturated carbocycles. The summed E-state index contributed by atoms with van der Waals surface area (Å²) in [7, 11) is 0. The zero-order valence-electron chi connectivity index (χ0n) is 30.4. The maximum absolute atomic E-state index is 11.4. The van der Waals surface area contributed by atoms with Crippen LogP contribution in [-0.2, 0) is 14.3 Å². The molecule has 0 N–H and O–H groups in total. The summed E-state index contributed by atoms with van der Waals surface area (Å²) in [6, 6.07) is 0. The van der Waals surface area contributed by atoms with Crippen molar-refractivity contribution in [2.45, 2.75) is 57.8 Å². The summed E-state index contributed by atoms with van der Waals surface area (Å²) in [5.74, 6) is 11.0. The second kappa shape index (κ2) is 15.6. The first-order chi connectivity index (χ1) is 24.3. The first-order valence-corrected chi connectivity index (χ1v) is 19.7. The number of rotatable bonds is 8. The molecular formula is C47H62O3. The van der Waals surface area contributed by atoms with Crippen molar-refractivity contribution in [2.75, 3.05) is 0 Å². The Morgan fingerprint density at radius 3 is 1.32 bits per heavy atom. The van der Waals surface area contributed by atoms with Gasteiger partial charge in [0.05, 0.1) is 11.8 Å². The van der Waals surface area contributed by atoms with Gasteiger partial charge in [-0.15, -0.1) is 52.6 Å². The maximum Gasteiger partial charge on any atom is 0.318 e. The van der Waals surface area contributed by atoms with Crippen LogP contribution < -0.4 is 0 Å². The van der Waals surface area contributed by atoms with Crippen molar-refractivity contribution in [2.24, 2.45) is 107 Å². The van der Waals surface area contributed by atoms with Gasteiger partial charge in [0.2, 0.25) is 0 Å². The summed E-state index contributed by atoms with van der Waals surface area (Å²) in [5.41, 5.74) is 0. The SMILES string of the molecule is C=CC1CC(C=C)C2C(=O)OC(=O)C12.C=CC1CC(C=C)C2C3CCC(C3)C12.C=CC1CC(C=C)C2CC12.C=CC1CC(C=C)C2CC=CC12. The molecule has 0 aromatic rings. The second-order valence-electron chi connectivity index (χ2n) is 16.9. The molecule has 8 fully saturated rings. The fraction of sp³-hybridized carbons (Fsp3) is 0.574. The van der Waals surface area contributed by atoms with Crippen LogP contribution >= 0.6 is 0 Å². The van der Waals surface area contributed by atoms with Crippen LogP contribution in [0.3, 0.4) is 0 Å². The molecule has 0 spiro atoms. The fourth-order valence-electron chi connectivity index (χ4n) is 12.5. The number of cyclic esters (lactones) is 2. The highest BCUT2D eigenvalue weighted by Crippen LogP contribution is 2.63. The summed E-state index contributed by atoms with van der Waals surface area (Å²) in [6.07, 6.45) is 33.1. The Balaban J connectivity index is 0.000000116. The highest BCUT2D eigenvalue weighted by molar-refractivity contribution is 5.97. The quantitative estimate of drug-likeness (QED) is 0.146. The third-order valence-corrected chi connectivity index (χ3v) is 15.0. The lowest BCUT2D eigenvalue weighted by Crippen LogP contribution is -2.23. The molecule has 0 aromatic heterocycles. The number of allylic oxidation sites excluding steroid dienone is 10. The van der Waals surface area contributed by atoms with Crippen LogP contribution in [0.4, 0.5) is 0 Å². The average molecular weight is 675 g/mol. The molecule has 268 valence electrons. The topological polar surface area (TPSA) is 43.4 Å². The van der Waals surface area contributed by atoms with E-state index < -0.39 is 11.9 Å². The number of fused-ring (bicyclic) bond motifs is 8. The largest absolute Gasteiger partial charge is 0.393 e. The van der Waals surface area contributed by atoms with E-state index in [4.69, 9.17) is 0 Å². The summed E-state index contributed by atoms with van der Waals surface area (Å²) in [6.45, 7) is 30.9. The monoisotopic (exact) mass is 674 g/mol. The Kier molecular flexibility index (Phi) is 11.4. The molecule has 18 atom stereocenters. The van der Waals surface area contributed by atoms with Crippen LogP contribution in [0.25, 0.3) is 0 Å². The van der Waals surface area contributed by atoms with E-state index in [0.717, 1.165) is 83.4 Å². The lowest BCUT2D eigenvalue weighted by molar-refractivity contribution is -0.154. The Hall–Kier alpha value is -3.20. The van der Waals surface area contributed by atoms with Gasteiger partial charge in [-0.2, -0.15) is 0 Å². The molecule has 9 rings (SSSR count). The number of hydrogen-bond acceptors (Lipinski definition) is 3. The van der Waals surface area contributed by atoms with Crippen LogP contribution in [0.2, 0.25) is 0 Å². The molecule has 2 bridgehead atoms. The molecule has 8 aliphatic carbocycles. The molecule has 50 heavy (non-hydrogen) atoms.